The maximum Gasteiger partial charge on any atom is 0.123 e. The maximum absolute atomic E-state index is 6.04. The molecule has 102 valence electrons. The van der Waals surface area contributed by atoms with Crippen LogP contribution in [0.1, 0.15) is 5.56 Å². The Labute approximate surface area is 130 Å². The number of fused-ring (bicyclic) bond motifs is 1. The molecule has 3 rings (SSSR count). The summed E-state index contributed by atoms with van der Waals surface area (Å²) in [5.41, 5.74) is 2.05. The summed E-state index contributed by atoms with van der Waals surface area (Å²) < 4.78 is 6.48. The van der Waals surface area contributed by atoms with E-state index >= 15 is 0 Å². The summed E-state index contributed by atoms with van der Waals surface area (Å²) in [6.45, 7) is 0. The van der Waals surface area contributed by atoms with E-state index in [9.17, 15) is 0 Å². The second-order valence-corrected chi connectivity index (χ2v) is 6.38. The van der Waals surface area contributed by atoms with Gasteiger partial charge in [-0.05, 0) is 29.6 Å². The minimum atomic E-state index is 0.713. The van der Waals surface area contributed by atoms with Crippen molar-refractivity contribution in [3.05, 3.63) is 46.6 Å². The van der Waals surface area contributed by atoms with Crippen LogP contribution in [0.2, 0.25) is 5.02 Å². The molecule has 0 radical (unpaired) electrons. The van der Waals surface area contributed by atoms with E-state index in [0.29, 0.717) is 5.02 Å². The predicted molar refractivity (Wildman–Crippen MR) is 85.0 cm³/mol. The molecule has 0 saturated carbocycles. The van der Waals surface area contributed by atoms with Crippen LogP contribution in [0.3, 0.4) is 0 Å². The van der Waals surface area contributed by atoms with Gasteiger partial charge in [0.2, 0.25) is 0 Å². The average molecular weight is 323 g/mol. The first-order valence-corrected chi connectivity index (χ1v) is 8.15. The van der Waals surface area contributed by atoms with Crippen LogP contribution in [0.4, 0.5) is 0 Å². The zero-order chi connectivity index (χ0) is 13.9. The molecule has 3 nitrogen and oxygen atoms in total. The van der Waals surface area contributed by atoms with Crippen molar-refractivity contribution < 1.29 is 4.74 Å². The molecule has 0 spiro atoms. The molecule has 0 fully saturated rings. The summed E-state index contributed by atoms with van der Waals surface area (Å²) in [6, 6.07) is 7.65. The molecule has 0 unspecified atom stereocenters. The number of nitrogens with zero attached hydrogens (tertiary/aromatic N) is 2. The number of halogens is 1. The Hall–Kier alpha value is -1.30. The molecular formula is C14H11ClN2OS2. The molecule has 0 N–H and O–H groups in total. The van der Waals surface area contributed by atoms with Crippen LogP contribution >= 0.6 is 34.7 Å². The highest BCUT2D eigenvalue weighted by molar-refractivity contribution is 7.98. The van der Waals surface area contributed by atoms with E-state index in [1.54, 1.807) is 36.5 Å². The van der Waals surface area contributed by atoms with Gasteiger partial charge >= 0.3 is 0 Å². The van der Waals surface area contributed by atoms with Crippen LogP contribution < -0.4 is 4.74 Å². The van der Waals surface area contributed by atoms with Crippen molar-refractivity contribution in [1.29, 1.82) is 0 Å². The van der Waals surface area contributed by atoms with Crippen molar-refractivity contribution in [3.8, 4) is 5.75 Å². The maximum atomic E-state index is 6.04. The van der Waals surface area contributed by atoms with E-state index < -0.39 is 0 Å². The van der Waals surface area contributed by atoms with Crippen LogP contribution in [-0.2, 0) is 5.75 Å². The quantitative estimate of drug-likeness (QED) is 0.517. The number of aromatic nitrogens is 2. The third-order valence-electron chi connectivity index (χ3n) is 2.82. The van der Waals surface area contributed by atoms with Gasteiger partial charge in [0.15, 0.2) is 0 Å². The lowest BCUT2D eigenvalue weighted by atomic mass is 10.2. The molecular weight excluding hydrogens is 312 g/mol. The highest BCUT2D eigenvalue weighted by Crippen LogP contribution is 2.33. The molecule has 2 heterocycles. The molecule has 6 heteroatoms. The second-order valence-electron chi connectivity index (χ2n) is 4.06. The lowest BCUT2D eigenvalue weighted by molar-refractivity contribution is 0.411. The number of hydrogen-bond donors (Lipinski definition) is 0. The topological polar surface area (TPSA) is 35.0 Å². The second kappa shape index (κ2) is 5.99. The summed E-state index contributed by atoms with van der Waals surface area (Å²) in [7, 11) is 1.67. The molecule has 0 aliphatic rings. The SMILES string of the molecule is COc1ccc(Cl)cc1CSc1ncnc2ccsc12. The molecule has 0 amide bonds. The molecule has 20 heavy (non-hydrogen) atoms. The third kappa shape index (κ3) is 2.75. The normalized spacial score (nSPS) is 10.9. The van der Waals surface area contributed by atoms with Crippen LogP contribution in [0.15, 0.2) is 41.0 Å². The molecule has 1 aromatic carbocycles. The number of hydrogen-bond acceptors (Lipinski definition) is 5. The summed E-state index contributed by atoms with van der Waals surface area (Å²) in [4.78, 5) is 8.61. The van der Waals surface area contributed by atoms with E-state index in [0.717, 1.165) is 32.3 Å². The molecule has 3 aromatic rings. The standard InChI is InChI=1S/C14H11ClN2OS2/c1-18-12-3-2-10(15)6-9(12)7-20-14-13-11(4-5-19-13)16-8-17-14/h2-6,8H,7H2,1H3. The van der Waals surface area contributed by atoms with E-state index in [2.05, 4.69) is 9.97 Å². The molecule has 0 aliphatic carbocycles. The predicted octanol–water partition coefficient (Wildman–Crippen LogP) is 4.65. The summed E-state index contributed by atoms with van der Waals surface area (Å²) >= 11 is 9.37. The van der Waals surface area contributed by atoms with Gasteiger partial charge in [-0.1, -0.05) is 23.4 Å². The third-order valence-corrected chi connectivity index (χ3v) is 5.13. The van der Waals surface area contributed by atoms with Gasteiger partial charge in [-0.2, -0.15) is 0 Å². The van der Waals surface area contributed by atoms with Gasteiger partial charge in [0.25, 0.3) is 0 Å². The van der Waals surface area contributed by atoms with Gasteiger partial charge in [0.05, 0.1) is 17.3 Å². The Kier molecular flexibility index (Phi) is 4.10. The fraction of sp³-hybridized carbons (Fsp3) is 0.143. The molecule has 2 aromatic heterocycles. The van der Waals surface area contributed by atoms with Crippen molar-refractivity contribution in [1.82, 2.24) is 9.97 Å². The zero-order valence-corrected chi connectivity index (χ0v) is 13.1. The van der Waals surface area contributed by atoms with E-state index in [4.69, 9.17) is 16.3 Å². The van der Waals surface area contributed by atoms with Gasteiger partial charge in [0, 0.05) is 16.3 Å². The largest absolute Gasteiger partial charge is 0.496 e. The Morgan fingerprint density at radius 2 is 2.20 bits per heavy atom. The minimum Gasteiger partial charge on any atom is -0.496 e. The van der Waals surface area contributed by atoms with E-state index in [1.165, 1.54) is 0 Å². The molecule has 0 atom stereocenters. The Bertz CT molecular complexity index is 745. The first-order chi connectivity index (χ1) is 9.78. The lowest BCUT2D eigenvalue weighted by Crippen LogP contribution is -1.91. The number of thioether (sulfide) groups is 1. The van der Waals surface area contributed by atoms with Gasteiger partial charge < -0.3 is 4.74 Å². The van der Waals surface area contributed by atoms with Gasteiger partial charge in [-0.15, -0.1) is 11.3 Å². The summed E-state index contributed by atoms with van der Waals surface area (Å²) in [5, 5.41) is 3.74. The van der Waals surface area contributed by atoms with Crippen LogP contribution in [0, 0.1) is 0 Å². The fourth-order valence-corrected chi connectivity index (χ4v) is 3.99. The monoisotopic (exact) mass is 322 g/mol. The van der Waals surface area contributed by atoms with Crippen molar-refractivity contribution >= 4 is 44.9 Å². The molecule has 0 bridgehead atoms. The Morgan fingerprint density at radius 1 is 1.30 bits per heavy atom. The number of ether oxygens (including phenoxy) is 1. The molecule has 0 aliphatic heterocycles. The van der Waals surface area contributed by atoms with Crippen molar-refractivity contribution in [3.63, 3.8) is 0 Å². The summed E-state index contributed by atoms with van der Waals surface area (Å²) in [6.07, 6.45) is 1.60. The number of methoxy groups -OCH3 is 1. The number of rotatable bonds is 4. The number of thiophene rings is 1. The highest BCUT2D eigenvalue weighted by Gasteiger charge is 2.09. The summed E-state index contributed by atoms with van der Waals surface area (Å²) in [5.74, 6) is 1.60. The van der Waals surface area contributed by atoms with Gasteiger partial charge in [-0.25, -0.2) is 9.97 Å². The van der Waals surface area contributed by atoms with Crippen LogP contribution in [0.25, 0.3) is 10.2 Å². The van der Waals surface area contributed by atoms with E-state index in [-0.39, 0.29) is 0 Å². The lowest BCUT2D eigenvalue weighted by Gasteiger charge is -2.08. The van der Waals surface area contributed by atoms with Crippen molar-refractivity contribution in [2.24, 2.45) is 0 Å². The van der Waals surface area contributed by atoms with Crippen LogP contribution in [0.5, 0.6) is 5.75 Å². The first kappa shape index (κ1) is 13.7. The van der Waals surface area contributed by atoms with E-state index in [1.807, 2.05) is 29.6 Å². The Morgan fingerprint density at radius 3 is 3.05 bits per heavy atom. The highest BCUT2D eigenvalue weighted by atomic mass is 35.5. The fourth-order valence-electron chi connectivity index (χ4n) is 1.88. The zero-order valence-electron chi connectivity index (χ0n) is 10.7. The smallest absolute Gasteiger partial charge is 0.123 e. The molecule has 0 saturated heterocycles. The van der Waals surface area contributed by atoms with Crippen LogP contribution in [-0.4, -0.2) is 17.1 Å². The first-order valence-electron chi connectivity index (χ1n) is 5.91. The minimum absolute atomic E-state index is 0.713. The van der Waals surface area contributed by atoms with Crippen molar-refractivity contribution in [2.45, 2.75) is 10.8 Å². The Balaban J connectivity index is 1.86. The average Bonchev–Trinajstić information content (AvgIpc) is 2.94. The number of benzene rings is 1. The van der Waals surface area contributed by atoms with Crippen molar-refractivity contribution in [2.75, 3.05) is 7.11 Å². The van der Waals surface area contributed by atoms with Gasteiger partial charge in [-0.3, -0.25) is 0 Å². The van der Waals surface area contributed by atoms with Gasteiger partial charge in [0.1, 0.15) is 17.1 Å².